The lowest BCUT2D eigenvalue weighted by Gasteiger charge is -2.04. The van der Waals surface area contributed by atoms with Gasteiger partial charge in [0.1, 0.15) is 5.75 Å². The zero-order valence-electron chi connectivity index (χ0n) is 10.2. The molecule has 5 N–H and O–H groups in total. The highest BCUT2D eigenvalue weighted by atomic mass is 16.5. The normalized spacial score (nSPS) is 9.32. The molecule has 0 radical (unpaired) electrons. The number of hydrogen-bond acceptors (Lipinski definition) is 4. The molecule has 7 heteroatoms. The summed E-state index contributed by atoms with van der Waals surface area (Å²) in [7, 11) is 1.54. The quantitative estimate of drug-likeness (QED) is 0.743. The minimum Gasteiger partial charge on any atom is -0.497 e. The van der Waals surface area contributed by atoms with E-state index in [4.69, 9.17) is 14.6 Å². The van der Waals surface area contributed by atoms with Crippen molar-refractivity contribution < 1.29 is 19.4 Å². The Morgan fingerprint density at radius 2 is 1.89 bits per heavy atom. The summed E-state index contributed by atoms with van der Waals surface area (Å²) in [6.45, 7) is 0. The summed E-state index contributed by atoms with van der Waals surface area (Å²) in [6.07, 6.45) is 1.48. The van der Waals surface area contributed by atoms with E-state index in [9.17, 15) is 4.79 Å². The molecule has 100 valence electrons. The number of aromatic nitrogens is 1. The lowest BCUT2D eigenvalue weighted by molar-refractivity contribution is 0.0699. The molecule has 7 nitrogen and oxygen atoms in total. The van der Waals surface area contributed by atoms with Gasteiger partial charge >= 0.3 is 12.0 Å². The van der Waals surface area contributed by atoms with Crippen LogP contribution in [-0.4, -0.2) is 29.2 Å². The number of hydrogen-bond donors (Lipinski definition) is 3. The van der Waals surface area contributed by atoms with Crippen molar-refractivity contribution in [2.45, 2.75) is 0 Å². The Morgan fingerprint density at radius 1 is 1.26 bits per heavy atom. The number of amides is 2. The minimum atomic E-state index is -0.962. The number of nitrogens with two attached hydrogens (primary N) is 2. The SMILES string of the molecule is COc1ccc2nccc(C(=O)O)c2c1.NC(N)=O. The van der Waals surface area contributed by atoms with Crippen molar-refractivity contribution in [3.8, 4) is 5.75 Å². The van der Waals surface area contributed by atoms with Crippen LogP contribution in [0, 0.1) is 0 Å². The second-order valence-electron chi connectivity index (χ2n) is 3.45. The number of benzene rings is 1. The molecule has 19 heavy (non-hydrogen) atoms. The lowest BCUT2D eigenvalue weighted by Crippen LogP contribution is -2.18. The number of nitrogens with zero attached hydrogens (tertiary/aromatic N) is 1. The molecular formula is C12H13N3O4. The maximum absolute atomic E-state index is 10.9. The number of fused-ring (bicyclic) bond motifs is 1. The van der Waals surface area contributed by atoms with Gasteiger partial charge in [-0.3, -0.25) is 4.98 Å². The molecule has 0 saturated heterocycles. The summed E-state index contributed by atoms with van der Waals surface area (Å²) in [5, 5.41) is 9.57. The fourth-order valence-corrected chi connectivity index (χ4v) is 1.44. The van der Waals surface area contributed by atoms with Gasteiger partial charge in [0, 0.05) is 11.6 Å². The molecule has 1 heterocycles. The summed E-state index contributed by atoms with van der Waals surface area (Å²) in [5.74, 6) is -0.339. The number of methoxy groups -OCH3 is 1. The van der Waals surface area contributed by atoms with Crippen molar-refractivity contribution in [2.24, 2.45) is 11.5 Å². The van der Waals surface area contributed by atoms with Crippen LogP contribution in [0.2, 0.25) is 0 Å². The van der Waals surface area contributed by atoms with Gasteiger partial charge in [0.15, 0.2) is 0 Å². The second-order valence-corrected chi connectivity index (χ2v) is 3.45. The smallest absolute Gasteiger partial charge is 0.336 e. The third kappa shape index (κ3) is 3.84. The molecule has 1 aromatic carbocycles. The predicted molar refractivity (Wildman–Crippen MR) is 69.0 cm³/mol. The van der Waals surface area contributed by atoms with Crippen LogP contribution in [-0.2, 0) is 0 Å². The first-order valence-corrected chi connectivity index (χ1v) is 5.16. The van der Waals surface area contributed by atoms with Crippen molar-refractivity contribution >= 4 is 22.9 Å². The van der Waals surface area contributed by atoms with E-state index in [1.54, 1.807) is 18.2 Å². The fraction of sp³-hybridized carbons (Fsp3) is 0.0833. The van der Waals surface area contributed by atoms with Gasteiger partial charge in [-0.2, -0.15) is 0 Å². The van der Waals surface area contributed by atoms with Crippen LogP contribution in [0.5, 0.6) is 5.75 Å². The summed E-state index contributed by atoms with van der Waals surface area (Å²) < 4.78 is 5.04. The first-order chi connectivity index (χ1) is 8.95. The van der Waals surface area contributed by atoms with Crippen LogP contribution < -0.4 is 16.2 Å². The largest absolute Gasteiger partial charge is 0.497 e. The number of carbonyl (C=O) groups excluding carboxylic acids is 1. The third-order valence-electron chi connectivity index (χ3n) is 2.18. The zero-order chi connectivity index (χ0) is 14.4. The molecule has 0 unspecified atom stereocenters. The van der Waals surface area contributed by atoms with Crippen LogP contribution in [0.25, 0.3) is 10.9 Å². The number of pyridine rings is 1. The molecule has 2 rings (SSSR count). The number of carboxylic acids is 1. The summed E-state index contributed by atoms with van der Waals surface area (Å²) in [5.41, 5.74) is 9.38. The first-order valence-electron chi connectivity index (χ1n) is 5.16. The number of carbonyl (C=O) groups is 2. The molecule has 0 aliphatic rings. The minimum absolute atomic E-state index is 0.235. The van der Waals surface area contributed by atoms with E-state index < -0.39 is 12.0 Å². The molecular weight excluding hydrogens is 250 g/mol. The Bertz CT molecular complexity index is 609. The van der Waals surface area contributed by atoms with E-state index >= 15 is 0 Å². The van der Waals surface area contributed by atoms with Crippen LogP contribution >= 0.6 is 0 Å². The number of carboxylic acid groups (broad SMARTS) is 1. The third-order valence-corrected chi connectivity index (χ3v) is 2.18. The molecule has 0 saturated carbocycles. The van der Waals surface area contributed by atoms with Crippen LogP contribution in [0.1, 0.15) is 10.4 Å². The van der Waals surface area contributed by atoms with Crippen molar-refractivity contribution in [3.63, 3.8) is 0 Å². The molecule has 0 aliphatic heterocycles. The van der Waals surface area contributed by atoms with Gasteiger partial charge in [-0.15, -0.1) is 0 Å². The van der Waals surface area contributed by atoms with Gasteiger partial charge in [-0.25, -0.2) is 9.59 Å². The average Bonchev–Trinajstić information content (AvgIpc) is 2.36. The molecule has 0 fully saturated rings. The average molecular weight is 263 g/mol. The van der Waals surface area contributed by atoms with E-state index in [1.807, 2.05) is 0 Å². The zero-order valence-corrected chi connectivity index (χ0v) is 10.2. The van der Waals surface area contributed by atoms with Gasteiger partial charge < -0.3 is 21.3 Å². The van der Waals surface area contributed by atoms with Crippen LogP contribution in [0.3, 0.4) is 0 Å². The molecule has 0 aliphatic carbocycles. The summed E-state index contributed by atoms with van der Waals surface area (Å²) in [4.78, 5) is 24.0. The molecule has 0 bridgehead atoms. The highest BCUT2D eigenvalue weighted by Crippen LogP contribution is 2.22. The monoisotopic (exact) mass is 263 g/mol. The Balaban J connectivity index is 0.000000399. The van der Waals surface area contributed by atoms with E-state index in [2.05, 4.69) is 16.5 Å². The van der Waals surface area contributed by atoms with E-state index in [1.165, 1.54) is 19.4 Å². The second kappa shape index (κ2) is 6.20. The van der Waals surface area contributed by atoms with Crippen LogP contribution in [0.4, 0.5) is 4.79 Å². The van der Waals surface area contributed by atoms with Gasteiger partial charge in [0.2, 0.25) is 0 Å². The number of urea groups is 1. The van der Waals surface area contributed by atoms with Crippen molar-refractivity contribution in [2.75, 3.05) is 7.11 Å². The number of rotatable bonds is 2. The molecule has 2 aromatic rings. The van der Waals surface area contributed by atoms with Crippen molar-refractivity contribution in [1.29, 1.82) is 0 Å². The topological polar surface area (TPSA) is 129 Å². The molecule has 0 atom stereocenters. The maximum atomic E-state index is 10.9. The maximum Gasteiger partial charge on any atom is 0.336 e. The predicted octanol–water partition coefficient (Wildman–Crippen LogP) is 0.965. The highest BCUT2D eigenvalue weighted by molar-refractivity contribution is 6.02. The Kier molecular flexibility index (Phi) is 4.64. The summed E-state index contributed by atoms with van der Waals surface area (Å²) >= 11 is 0. The van der Waals surface area contributed by atoms with Gasteiger partial charge in [0.25, 0.3) is 0 Å². The standard InChI is InChI=1S/C11H9NO3.CH4N2O/c1-15-7-2-3-10-9(6-7)8(11(13)14)4-5-12-10;2-1(3)4/h2-6H,1H3,(H,13,14);(H4,2,3,4). The number of ether oxygens (including phenoxy) is 1. The van der Waals surface area contributed by atoms with E-state index in [0.29, 0.717) is 16.7 Å². The van der Waals surface area contributed by atoms with E-state index in [-0.39, 0.29) is 5.56 Å². The molecule has 1 aromatic heterocycles. The van der Waals surface area contributed by atoms with E-state index in [0.717, 1.165) is 0 Å². The fourth-order valence-electron chi connectivity index (χ4n) is 1.44. The molecule has 0 spiro atoms. The number of aromatic carboxylic acids is 1. The number of primary amides is 2. The lowest BCUT2D eigenvalue weighted by atomic mass is 10.1. The summed E-state index contributed by atoms with van der Waals surface area (Å²) in [6, 6.07) is 5.80. The Hall–Kier alpha value is -2.83. The van der Waals surface area contributed by atoms with Gasteiger partial charge in [0.05, 0.1) is 18.2 Å². The molecule has 2 amide bonds. The van der Waals surface area contributed by atoms with Gasteiger partial charge in [-0.1, -0.05) is 0 Å². The highest BCUT2D eigenvalue weighted by Gasteiger charge is 2.09. The van der Waals surface area contributed by atoms with Crippen molar-refractivity contribution in [1.82, 2.24) is 4.98 Å². The van der Waals surface area contributed by atoms with Gasteiger partial charge in [-0.05, 0) is 24.3 Å². The Labute approximate surface area is 108 Å². The Morgan fingerprint density at radius 3 is 2.42 bits per heavy atom. The van der Waals surface area contributed by atoms with Crippen molar-refractivity contribution in [3.05, 3.63) is 36.0 Å². The van der Waals surface area contributed by atoms with Crippen LogP contribution in [0.15, 0.2) is 30.5 Å². The first kappa shape index (κ1) is 14.2.